The highest BCUT2D eigenvalue weighted by molar-refractivity contribution is 5.81. The lowest BCUT2D eigenvalue weighted by Crippen LogP contribution is -2.54. The number of nitrogens with one attached hydrogen (secondary N) is 1. The van der Waals surface area contributed by atoms with Gasteiger partial charge in [0.1, 0.15) is 0 Å². The summed E-state index contributed by atoms with van der Waals surface area (Å²) in [5.41, 5.74) is 2.33. The molecule has 0 aromatic heterocycles. The maximum Gasteiger partial charge on any atom is 0.237 e. The van der Waals surface area contributed by atoms with Crippen LogP contribution < -0.4 is 5.32 Å². The second-order valence-electron chi connectivity index (χ2n) is 5.86. The molecule has 22 heavy (non-hydrogen) atoms. The first kappa shape index (κ1) is 16.5. The Hall–Kier alpha value is -1.88. The Balaban J connectivity index is 1.83. The average molecular weight is 303 g/mol. The second-order valence-corrected chi connectivity index (χ2v) is 5.86. The van der Waals surface area contributed by atoms with Crippen LogP contribution in [0.15, 0.2) is 24.3 Å². The topological polar surface area (TPSA) is 52.7 Å². The molecule has 2 rings (SSSR count). The molecule has 1 N–H and O–H groups in total. The zero-order valence-corrected chi connectivity index (χ0v) is 13.6. The van der Waals surface area contributed by atoms with Crippen LogP contribution in [0.5, 0.6) is 0 Å². The molecule has 120 valence electrons. The minimum absolute atomic E-state index is 0.0412. The Bertz CT molecular complexity index is 536. The Labute approximate surface area is 132 Å². The summed E-state index contributed by atoms with van der Waals surface area (Å²) in [4.78, 5) is 27.6. The number of aryl methyl sites for hydroxylation is 1. The highest BCUT2D eigenvalue weighted by Gasteiger charge is 2.26. The molecule has 1 heterocycles. The van der Waals surface area contributed by atoms with Crippen LogP contribution in [-0.2, 0) is 16.1 Å². The maximum atomic E-state index is 12.3. The fourth-order valence-corrected chi connectivity index (χ4v) is 2.73. The summed E-state index contributed by atoms with van der Waals surface area (Å²) >= 11 is 0. The van der Waals surface area contributed by atoms with Gasteiger partial charge in [-0.2, -0.15) is 0 Å². The Morgan fingerprint density at radius 2 is 1.82 bits per heavy atom. The lowest BCUT2D eigenvalue weighted by atomic mass is 10.1. The standard InChI is InChI=1S/C17H25N3O2/c1-13-6-4-5-7-16(13)12-18-17(22)14(2)19-8-10-20(11-9-19)15(3)21/h4-7,14H,8-12H2,1-3H3,(H,18,22). The fourth-order valence-electron chi connectivity index (χ4n) is 2.73. The number of amides is 2. The van der Waals surface area contributed by atoms with Crippen molar-refractivity contribution in [2.24, 2.45) is 0 Å². The predicted octanol–water partition coefficient (Wildman–Crippen LogP) is 1.16. The molecule has 1 unspecified atom stereocenters. The third-order valence-corrected chi connectivity index (χ3v) is 4.40. The van der Waals surface area contributed by atoms with E-state index in [0.29, 0.717) is 19.6 Å². The fraction of sp³-hybridized carbons (Fsp3) is 0.529. The molecular weight excluding hydrogens is 278 g/mol. The third kappa shape index (κ3) is 4.07. The van der Waals surface area contributed by atoms with Gasteiger partial charge in [0.2, 0.25) is 11.8 Å². The van der Waals surface area contributed by atoms with Gasteiger partial charge in [0.15, 0.2) is 0 Å². The van der Waals surface area contributed by atoms with Crippen LogP contribution in [0.1, 0.15) is 25.0 Å². The van der Waals surface area contributed by atoms with Crippen molar-refractivity contribution < 1.29 is 9.59 Å². The molecular formula is C17H25N3O2. The van der Waals surface area contributed by atoms with E-state index in [1.807, 2.05) is 43.0 Å². The minimum Gasteiger partial charge on any atom is -0.351 e. The van der Waals surface area contributed by atoms with Crippen molar-refractivity contribution in [1.29, 1.82) is 0 Å². The Morgan fingerprint density at radius 1 is 1.18 bits per heavy atom. The minimum atomic E-state index is -0.168. The van der Waals surface area contributed by atoms with Crippen LogP contribution in [-0.4, -0.2) is 53.8 Å². The van der Waals surface area contributed by atoms with Gasteiger partial charge < -0.3 is 10.2 Å². The smallest absolute Gasteiger partial charge is 0.237 e. The van der Waals surface area contributed by atoms with Gasteiger partial charge in [-0.3, -0.25) is 14.5 Å². The molecule has 1 aliphatic heterocycles. The van der Waals surface area contributed by atoms with Crippen molar-refractivity contribution in [3.8, 4) is 0 Å². The molecule has 0 spiro atoms. The van der Waals surface area contributed by atoms with Crippen molar-refractivity contribution in [2.75, 3.05) is 26.2 Å². The van der Waals surface area contributed by atoms with Crippen LogP contribution >= 0.6 is 0 Å². The summed E-state index contributed by atoms with van der Waals surface area (Å²) in [5, 5.41) is 3.01. The molecule has 1 aliphatic rings. The van der Waals surface area contributed by atoms with E-state index in [1.165, 1.54) is 5.56 Å². The molecule has 5 heteroatoms. The van der Waals surface area contributed by atoms with Crippen LogP contribution in [0, 0.1) is 6.92 Å². The van der Waals surface area contributed by atoms with Gasteiger partial charge in [0.25, 0.3) is 0 Å². The first-order valence-electron chi connectivity index (χ1n) is 7.81. The molecule has 1 saturated heterocycles. The van der Waals surface area contributed by atoms with E-state index in [0.717, 1.165) is 18.7 Å². The molecule has 1 atom stereocenters. The largest absolute Gasteiger partial charge is 0.351 e. The van der Waals surface area contributed by atoms with Gasteiger partial charge >= 0.3 is 0 Å². The zero-order valence-electron chi connectivity index (χ0n) is 13.6. The number of carbonyl (C=O) groups is 2. The van der Waals surface area contributed by atoms with Crippen LogP contribution in [0.25, 0.3) is 0 Å². The van der Waals surface area contributed by atoms with E-state index in [4.69, 9.17) is 0 Å². The summed E-state index contributed by atoms with van der Waals surface area (Å²) in [6.45, 7) is 9.02. The summed E-state index contributed by atoms with van der Waals surface area (Å²) in [6, 6.07) is 7.90. The molecule has 0 radical (unpaired) electrons. The van der Waals surface area contributed by atoms with Gasteiger partial charge in [-0.1, -0.05) is 24.3 Å². The van der Waals surface area contributed by atoms with Crippen molar-refractivity contribution in [1.82, 2.24) is 15.1 Å². The van der Waals surface area contributed by atoms with Gasteiger partial charge in [0, 0.05) is 39.6 Å². The number of hydrogen-bond donors (Lipinski definition) is 1. The van der Waals surface area contributed by atoms with Gasteiger partial charge in [0.05, 0.1) is 6.04 Å². The van der Waals surface area contributed by atoms with Gasteiger partial charge in [-0.05, 0) is 25.0 Å². The second kappa shape index (κ2) is 7.40. The number of hydrogen-bond acceptors (Lipinski definition) is 3. The van der Waals surface area contributed by atoms with Crippen molar-refractivity contribution in [3.63, 3.8) is 0 Å². The van der Waals surface area contributed by atoms with E-state index < -0.39 is 0 Å². The van der Waals surface area contributed by atoms with Gasteiger partial charge in [-0.15, -0.1) is 0 Å². The molecule has 2 amide bonds. The summed E-state index contributed by atoms with van der Waals surface area (Å²) in [6.07, 6.45) is 0. The summed E-state index contributed by atoms with van der Waals surface area (Å²) in [7, 11) is 0. The zero-order chi connectivity index (χ0) is 16.1. The van der Waals surface area contributed by atoms with Gasteiger partial charge in [-0.25, -0.2) is 0 Å². The summed E-state index contributed by atoms with van der Waals surface area (Å²) < 4.78 is 0. The van der Waals surface area contributed by atoms with E-state index in [9.17, 15) is 9.59 Å². The molecule has 0 saturated carbocycles. The van der Waals surface area contributed by atoms with E-state index >= 15 is 0 Å². The Kier molecular flexibility index (Phi) is 5.55. The number of nitrogens with zero attached hydrogens (tertiary/aromatic N) is 2. The first-order chi connectivity index (χ1) is 10.5. The molecule has 1 fully saturated rings. The average Bonchev–Trinajstić information content (AvgIpc) is 2.53. The molecule has 5 nitrogen and oxygen atoms in total. The van der Waals surface area contributed by atoms with Crippen molar-refractivity contribution in [2.45, 2.75) is 33.4 Å². The predicted molar refractivity (Wildman–Crippen MR) is 86.3 cm³/mol. The number of carbonyl (C=O) groups excluding carboxylic acids is 2. The highest BCUT2D eigenvalue weighted by atomic mass is 16.2. The van der Waals surface area contributed by atoms with E-state index in [-0.39, 0.29) is 17.9 Å². The number of piperazine rings is 1. The van der Waals surface area contributed by atoms with Crippen molar-refractivity contribution in [3.05, 3.63) is 35.4 Å². The van der Waals surface area contributed by atoms with E-state index in [1.54, 1.807) is 6.92 Å². The monoisotopic (exact) mass is 303 g/mol. The molecule has 1 aromatic carbocycles. The number of benzene rings is 1. The van der Waals surface area contributed by atoms with E-state index in [2.05, 4.69) is 10.2 Å². The lowest BCUT2D eigenvalue weighted by Gasteiger charge is -2.37. The first-order valence-corrected chi connectivity index (χ1v) is 7.81. The molecule has 0 bridgehead atoms. The van der Waals surface area contributed by atoms with Crippen LogP contribution in [0.4, 0.5) is 0 Å². The van der Waals surface area contributed by atoms with Crippen molar-refractivity contribution >= 4 is 11.8 Å². The SMILES string of the molecule is CC(=O)N1CCN(C(C)C(=O)NCc2ccccc2C)CC1. The molecule has 1 aromatic rings. The normalized spacial score (nSPS) is 17.1. The lowest BCUT2D eigenvalue weighted by molar-refractivity contribution is -0.132. The quantitative estimate of drug-likeness (QED) is 0.908. The highest BCUT2D eigenvalue weighted by Crippen LogP contribution is 2.09. The van der Waals surface area contributed by atoms with Crippen LogP contribution in [0.3, 0.4) is 0 Å². The summed E-state index contributed by atoms with van der Waals surface area (Å²) in [5.74, 6) is 0.149. The maximum absolute atomic E-state index is 12.3. The third-order valence-electron chi connectivity index (χ3n) is 4.40. The Morgan fingerprint density at radius 3 is 2.41 bits per heavy atom. The molecule has 0 aliphatic carbocycles. The number of rotatable bonds is 4. The van der Waals surface area contributed by atoms with Crippen LogP contribution in [0.2, 0.25) is 0 Å².